The average molecular weight is 383 g/mol. The lowest BCUT2D eigenvalue weighted by Crippen LogP contribution is -2.19. The first-order valence-corrected chi connectivity index (χ1v) is 9.22. The van der Waals surface area contributed by atoms with Crippen molar-refractivity contribution in [2.45, 2.75) is 20.0 Å². The molecule has 0 aromatic heterocycles. The van der Waals surface area contributed by atoms with Crippen molar-refractivity contribution in [3.8, 4) is 11.8 Å². The number of nitrogens with one attached hydrogen (secondary N) is 1. The Hall–Kier alpha value is -3.91. The van der Waals surface area contributed by atoms with E-state index in [0.29, 0.717) is 17.9 Å². The number of carbonyl (C=O) groups is 1. The van der Waals surface area contributed by atoms with Crippen LogP contribution in [0.1, 0.15) is 27.8 Å². The van der Waals surface area contributed by atoms with Gasteiger partial charge in [-0.1, -0.05) is 48.0 Å². The third kappa shape index (κ3) is 6.05. The van der Waals surface area contributed by atoms with Gasteiger partial charge in [0.25, 0.3) is 0 Å². The van der Waals surface area contributed by atoms with E-state index >= 15 is 0 Å². The minimum absolute atomic E-state index is 0.166. The van der Waals surface area contributed by atoms with Crippen LogP contribution in [-0.4, -0.2) is 12.1 Å². The van der Waals surface area contributed by atoms with E-state index in [1.807, 2.05) is 73.7 Å². The van der Waals surface area contributed by atoms with Crippen molar-refractivity contribution < 1.29 is 9.53 Å². The standard InChI is InChI=1S/C24H21N3O2/c1-18-6-8-19(9-7-18)14-24(28)27-26-16-20-10-12-23(13-11-20)29-17-22-5-3-2-4-21(22)15-25/h2-13,16H,14,17H2,1H3,(H,27,28)/b26-16+. The van der Waals surface area contributed by atoms with Crippen molar-refractivity contribution in [3.63, 3.8) is 0 Å². The third-order valence-electron chi connectivity index (χ3n) is 4.30. The molecule has 5 heteroatoms. The van der Waals surface area contributed by atoms with Crippen LogP contribution in [0.4, 0.5) is 0 Å². The summed E-state index contributed by atoms with van der Waals surface area (Å²) in [6.07, 6.45) is 1.87. The van der Waals surface area contributed by atoms with E-state index in [1.165, 1.54) is 0 Å². The van der Waals surface area contributed by atoms with Crippen molar-refractivity contribution in [2.24, 2.45) is 5.10 Å². The highest BCUT2D eigenvalue weighted by Gasteiger charge is 2.03. The molecule has 3 aromatic rings. The summed E-state index contributed by atoms with van der Waals surface area (Å²) in [5.74, 6) is 0.527. The fourth-order valence-corrected chi connectivity index (χ4v) is 2.68. The summed E-state index contributed by atoms with van der Waals surface area (Å²) in [7, 11) is 0. The lowest BCUT2D eigenvalue weighted by atomic mass is 10.1. The number of hydrogen-bond donors (Lipinski definition) is 1. The highest BCUT2D eigenvalue weighted by Crippen LogP contribution is 2.15. The molecule has 0 fully saturated rings. The monoisotopic (exact) mass is 383 g/mol. The molecule has 1 amide bonds. The van der Waals surface area contributed by atoms with Gasteiger partial charge in [0.15, 0.2) is 0 Å². The van der Waals surface area contributed by atoms with E-state index in [-0.39, 0.29) is 12.3 Å². The first-order valence-electron chi connectivity index (χ1n) is 9.22. The molecule has 0 saturated carbocycles. The summed E-state index contributed by atoms with van der Waals surface area (Å²) in [5, 5.41) is 13.1. The molecule has 0 heterocycles. The number of aryl methyl sites for hydroxylation is 1. The number of nitriles is 1. The molecule has 0 aliphatic carbocycles. The van der Waals surface area contributed by atoms with Crippen LogP contribution in [0, 0.1) is 18.3 Å². The highest BCUT2D eigenvalue weighted by atomic mass is 16.5. The van der Waals surface area contributed by atoms with Gasteiger partial charge in [0.2, 0.25) is 5.91 Å². The van der Waals surface area contributed by atoms with Crippen molar-refractivity contribution in [1.82, 2.24) is 5.43 Å². The summed E-state index contributed by atoms with van der Waals surface area (Å²) >= 11 is 0. The van der Waals surface area contributed by atoms with Crippen LogP contribution in [0.15, 0.2) is 77.9 Å². The van der Waals surface area contributed by atoms with Gasteiger partial charge in [0.1, 0.15) is 12.4 Å². The molecule has 0 radical (unpaired) electrons. The molecule has 0 aliphatic heterocycles. The van der Waals surface area contributed by atoms with Gasteiger partial charge in [-0.3, -0.25) is 4.79 Å². The lowest BCUT2D eigenvalue weighted by molar-refractivity contribution is -0.120. The maximum Gasteiger partial charge on any atom is 0.244 e. The van der Waals surface area contributed by atoms with Gasteiger partial charge >= 0.3 is 0 Å². The minimum Gasteiger partial charge on any atom is -0.489 e. The molecule has 0 aliphatic rings. The summed E-state index contributed by atoms with van der Waals surface area (Å²) in [4.78, 5) is 11.9. The van der Waals surface area contributed by atoms with Crippen molar-refractivity contribution in [2.75, 3.05) is 0 Å². The van der Waals surface area contributed by atoms with E-state index in [9.17, 15) is 4.79 Å². The predicted octanol–water partition coefficient (Wildman–Crippen LogP) is 4.14. The Morgan fingerprint density at radius 2 is 1.79 bits per heavy atom. The zero-order chi connectivity index (χ0) is 20.5. The van der Waals surface area contributed by atoms with Crippen LogP contribution in [0.25, 0.3) is 0 Å². The molecule has 0 saturated heterocycles. The largest absolute Gasteiger partial charge is 0.489 e. The highest BCUT2D eigenvalue weighted by molar-refractivity contribution is 5.83. The molecule has 0 bridgehead atoms. The summed E-state index contributed by atoms with van der Waals surface area (Å²) < 4.78 is 5.74. The average Bonchev–Trinajstić information content (AvgIpc) is 2.75. The predicted molar refractivity (Wildman–Crippen MR) is 113 cm³/mol. The number of nitrogens with zero attached hydrogens (tertiary/aromatic N) is 2. The van der Waals surface area contributed by atoms with Gasteiger partial charge in [-0.05, 0) is 48.4 Å². The maximum absolute atomic E-state index is 11.9. The van der Waals surface area contributed by atoms with Crippen LogP contribution in [0.3, 0.4) is 0 Å². The van der Waals surface area contributed by atoms with Gasteiger partial charge < -0.3 is 4.74 Å². The smallest absolute Gasteiger partial charge is 0.244 e. The summed E-state index contributed by atoms with van der Waals surface area (Å²) in [6.45, 7) is 2.34. The second-order valence-corrected chi connectivity index (χ2v) is 6.58. The SMILES string of the molecule is Cc1ccc(CC(=O)N/N=C/c2ccc(OCc3ccccc3C#N)cc2)cc1. The Labute approximate surface area is 170 Å². The first kappa shape index (κ1) is 19.8. The van der Waals surface area contributed by atoms with Gasteiger partial charge in [-0.25, -0.2) is 5.43 Å². The number of hydrogen-bond acceptors (Lipinski definition) is 4. The quantitative estimate of drug-likeness (QED) is 0.492. The molecule has 29 heavy (non-hydrogen) atoms. The Morgan fingerprint density at radius 3 is 2.52 bits per heavy atom. The van der Waals surface area contributed by atoms with Crippen LogP contribution >= 0.6 is 0 Å². The Morgan fingerprint density at radius 1 is 1.07 bits per heavy atom. The second-order valence-electron chi connectivity index (χ2n) is 6.58. The van der Waals surface area contributed by atoms with Gasteiger partial charge in [0.05, 0.1) is 24.3 Å². The first-order chi connectivity index (χ1) is 14.1. The Kier molecular flexibility index (Phi) is 6.75. The minimum atomic E-state index is -0.166. The van der Waals surface area contributed by atoms with E-state index in [4.69, 9.17) is 10.00 Å². The molecular formula is C24H21N3O2. The van der Waals surface area contributed by atoms with E-state index in [0.717, 1.165) is 22.3 Å². The molecule has 3 rings (SSSR count). The van der Waals surface area contributed by atoms with Gasteiger partial charge in [-0.2, -0.15) is 10.4 Å². The normalized spacial score (nSPS) is 10.5. The van der Waals surface area contributed by atoms with Crippen molar-refractivity contribution in [1.29, 1.82) is 5.26 Å². The molecule has 1 N–H and O–H groups in total. The number of ether oxygens (including phenoxy) is 1. The topological polar surface area (TPSA) is 74.5 Å². The molecule has 0 atom stereocenters. The maximum atomic E-state index is 11.9. The number of carbonyl (C=O) groups excluding carboxylic acids is 1. The Bertz CT molecular complexity index is 1030. The number of amides is 1. The number of benzene rings is 3. The van der Waals surface area contributed by atoms with Crippen LogP contribution in [0.2, 0.25) is 0 Å². The molecule has 144 valence electrons. The van der Waals surface area contributed by atoms with E-state index < -0.39 is 0 Å². The molecule has 0 spiro atoms. The zero-order valence-electron chi connectivity index (χ0n) is 16.1. The molecule has 5 nitrogen and oxygen atoms in total. The van der Waals surface area contributed by atoms with Gasteiger partial charge in [0, 0.05) is 5.56 Å². The van der Waals surface area contributed by atoms with Crippen molar-refractivity contribution >= 4 is 12.1 Å². The van der Waals surface area contributed by atoms with E-state index in [1.54, 1.807) is 12.3 Å². The fourth-order valence-electron chi connectivity index (χ4n) is 2.68. The lowest BCUT2D eigenvalue weighted by Gasteiger charge is -2.07. The number of hydrazone groups is 1. The van der Waals surface area contributed by atoms with Crippen LogP contribution in [0.5, 0.6) is 5.75 Å². The fraction of sp³-hybridized carbons (Fsp3) is 0.125. The van der Waals surface area contributed by atoms with Crippen LogP contribution < -0.4 is 10.2 Å². The third-order valence-corrected chi connectivity index (χ3v) is 4.30. The molecule has 3 aromatic carbocycles. The zero-order valence-corrected chi connectivity index (χ0v) is 16.1. The summed E-state index contributed by atoms with van der Waals surface area (Å²) in [6, 6.07) is 24.7. The number of rotatable bonds is 7. The molecular weight excluding hydrogens is 362 g/mol. The summed E-state index contributed by atoms with van der Waals surface area (Å²) in [5.41, 5.74) is 6.94. The molecule has 0 unspecified atom stereocenters. The van der Waals surface area contributed by atoms with Gasteiger partial charge in [-0.15, -0.1) is 0 Å². The Balaban J connectivity index is 1.49. The van der Waals surface area contributed by atoms with Crippen molar-refractivity contribution in [3.05, 3.63) is 101 Å². The second kappa shape index (κ2) is 9.86. The van der Waals surface area contributed by atoms with Crippen LogP contribution in [-0.2, 0) is 17.8 Å². The van der Waals surface area contributed by atoms with E-state index in [2.05, 4.69) is 16.6 Å².